The van der Waals surface area contributed by atoms with Crippen LogP contribution in [0.15, 0.2) is 36.5 Å². The van der Waals surface area contributed by atoms with Gasteiger partial charge in [0.25, 0.3) is 6.54 Å². The Hall–Kier alpha value is -1.92. The standard InChI is InChI=1S/C16H19N2O3S/c1-20-15(19)12-18-11-14(13-5-3-2-4-6-13)16(22-18)17-7-9-21-10-8-17/h2-6,11H,7-10,12H2,1H3/q+1. The predicted molar refractivity (Wildman–Crippen MR) is 85.0 cm³/mol. The van der Waals surface area contributed by atoms with Crippen LogP contribution in [0, 0.1) is 0 Å². The van der Waals surface area contributed by atoms with E-state index in [0.717, 1.165) is 37.4 Å². The van der Waals surface area contributed by atoms with E-state index in [2.05, 4.69) is 17.0 Å². The smallest absolute Gasteiger partial charge is 0.373 e. The first kappa shape index (κ1) is 15.0. The van der Waals surface area contributed by atoms with Gasteiger partial charge in [-0.25, -0.2) is 4.79 Å². The van der Waals surface area contributed by atoms with Crippen molar-refractivity contribution in [3.8, 4) is 11.1 Å². The van der Waals surface area contributed by atoms with Crippen LogP contribution in [0.25, 0.3) is 11.1 Å². The summed E-state index contributed by atoms with van der Waals surface area (Å²) in [7, 11) is 1.41. The average Bonchev–Trinajstić information content (AvgIpc) is 3.00. The molecule has 0 bridgehead atoms. The molecule has 1 aromatic carbocycles. The van der Waals surface area contributed by atoms with Gasteiger partial charge in [0.05, 0.1) is 25.9 Å². The van der Waals surface area contributed by atoms with Gasteiger partial charge in [-0.3, -0.25) is 0 Å². The quantitative estimate of drug-likeness (QED) is 0.636. The van der Waals surface area contributed by atoms with Crippen LogP contribution in [0.1, 0.15) is 0 Å². The molecule has 116 valence electrons. The minimum atomic E-state index is -0.237. The molecule has 22 heavy (non-hydrogen) atoms. The maximum Gasteiger partial charge on any atom is 0.373 e. The largest absolute Gasteiger partial charge is 0.464 e. The molecule has 0 atom stereocenters. The molecule has 0 radical (unpaired) electrons. The molecular formula is C16H19N2O3S+. The van der Waals surface area contributed by atoms with Crippen molar-refractivity contribution in [1.29, 1.82) is 0 Å². The highest BCUT2D eigenvalue weighted by Crippen LogP contribution is 2.33. The van der Waals surface area contributed by atoms with E-state index in [9.17, 15) is 4.79 Å². The second kappa shape index (κ2) is 6.89. The average molecular weight is 319 g/mol. The number of morpholine rings is 1. The Morgan fingerprint density at radius 2 is 2.05 bits per heavy atom. The Morgan fingerprint density at radius 3 is 2.73 bits per heavy atom. The monoisotopic (exact) mass is 319 g/mol. The van der Waals surface area contributed by atoms with Gasteiger partial charge in [-0.15, -0.1) is 3.96 Å². The maximum atomic E-state index is 11.5. The lowest BCUT2D eigenvalue weighted by molar-refractivity contribution is -0.616. The van der Waals surface area contributed by atoms with Gasteiger partial charge in [0, 0.05) is 13.1 Å². The van der Waals surface area contributed by atoms with Crippen LogP contribution in [-0.2, 0) is 20.8 Å². The van der Waals surface area contributed by atoms with Gasteiger partial charge in [0.1, 0.15) is 0 Å². The second-order valence-corrected chi connectivity index (χ2v) is 6.09. The van der Waals surface area contributed by atoms with Crippen LogP contribution >= 0.6 is 11.5 Å². The van der Waals surface area contributed by atoms with Crippen LogP contribution in [0.3, 0.4) is 0 Å². The minimum absolute atomic E-state index is 0.237. The molecule has 2 heterocycles. The zero-order chi connectivity index (χ0) is 15.4. The molecule has 3 rings (SSSR count). The van der Waals surface area contributed by atoms with E-state index in [1.54, 1.807) is 11.5 Å². The highest BCUT2D eigenvalue weighted by Gasteiger charge is 2.25. The van der Waals surface area contributed by atoms with Gasteiger partial charge >= 0.3 is 5.97 Å². The number of esters is 1. The number of hydrogen-bond donors (Lipinski definition) is 0. The highest BCUT2D eigenvalue weighted by molar-refractivity contribution is 7.07. The molecule has 0 N–H and O–H groups in total. The van der Waals surface area contributed by atoms with Gasteiger partial charge in [0.2, 0.25) is 0 Å². The zero-order valence-electron chi connectivity index (χ0n) is 12.5. The molecule has 5 nitrogen and oxygen atoms in total. The molecule has 0 saturated carbocycles. The molecule has 0 unspecified atom stereocenters. The summed E-state index contributed by atoms with van der Waals surface area (Å²) in [6.07, 6.45) is 2.03. The number of carbonyl (C=O) groups excluding carboxylic acids is 1. The van der Waals surface area contributed by atoms with E-state index >= 15 is 0 Å². The number of methoxy groups -OCH3 is 1. The van der Waals surface area contributed by atoms with E-state index in [0.29, 0.717) is 0 Å². The lowest BCUT2D eigenvalue weighted by Crippen LogP contribution is -2.36. The number of benzene rings is 1. The van der Waals surface area contributed by atoms with Crippen LogP contribution in [0.4, 0.5) is 5.00 Å². The highest BCUT2D eigenvalue weighted by atomic mass is 32.1. The van der Waals surface area contributed by atoms with Crippen molar-refractivity contribution in [2.45, 2.75) is 6.54 Å². The van der Waals surface area contributed by atoms with Gasteiger partial charge in [0.15, 0.2) is 22.7 Å². The first-order valence-corrected chi connectivity index (χ1v) is 8.04. The van der Waals surface area contributed by atoms with E-state index in [4.69, 9.17) is 9.47 Å². The summed E-state index contributed by atoms with van der Waals surface area (Å²) >= 11 is 1.59. The summed E-state index contributed by atoms with van der Waals surface area (Å²) in [5, 5.41) is 1.18. The Morgan fingerprint density at radius 1 is 1.32 bits per heavy atom. The van der Waals surface area contributed by atoms with Crippen LogP contribution in [-0.4, -0.2) is 39.4 Å². The Kier molecular flexibility index (Phi) is 4.70. The van der Waals surface area contributed by atoms with Gasteiger partial charge < -0.3 is 14.4 Å². The molecule has 1 aliphatic heterocycles. The molecule has 1 aromatic heterocycles. The fourth-order valence-electron chi connectivity index (χ4n) is 2.47. The van der Waals surface area contributed by atoms with Crippen LogP contribution in [0.2, 0.25) is 0 Å². The third-order valence-corrected chi connectivity index (χ3v) is 4.72. The van der Waals surface area contributed by atoms with Crippen molar-refractivity contribution in [3.63, 3.8) is 0 Å². The number of hydrogen-bond acceptors (Lipinski definition) is 5. The first-order chi connectivity index (χ1) is 10.8. The Bertz CT molecular complexity index is 636. The minimum Gasteiger partial charge on any atom is -0.464 e. The van der Waals surface area contributed by atoms with Crippen molar-refractivity contribution >= 4 is 22.5 Å². The van der Waals surface area contributed by atoms with E-state index in [1.807, 2.05) is 28.4 Å². The Labute approximate surface area is 133 Å². The second-order valence-electron chi connectivity index (χ2n) is 5.06. The number of ether oxygens (including phenoxy) is 2. The number of carbonyl (C=O) groups is 1. The van der Waals surface area contributed by atoms with Gasteiger partial charge in [-0.2, -0.15) is 0 Å². The summed E-state index contributed by atoms with van der Waals surface area (Å²) in [5.41, 5.74) is 2.31. The fraction of sp³-hybridized carbons (Fsp3) is 0.375. The summed E-state index contributed by atoms with van der Waals surface area (Å²) in [6, 6.07) is 10.2. The van der Waals surface area contributed by atoms with Crippen molar-refractivity contribution in [2.75, 3.05) is 38.3 Å². The molecule has 0 spiro atoms. The lowest BCUT2D eigenvalue weighted by Gasteiger charge is -2.26. The predicted octanol–water partition coefficient (Wildman–Crippen LogP) is 1.71. The molecule has 6 heteroatoms. The van der Waals surface area contributed by atoms with Crippen LogP contribution < -0.4 is 8.86 Å². The molecule has 2 aromatic rings. The normalized spacial score (nSPS) is 14.9. The van der Waals surface area contributed by atoms with Crippen molar-refractivity contribution in [2.24, 2.45) is 0 Å². The molecule has 0 aliphatic carbocycles. The van der Waals surface area contributed by atoms with Crippen molar-refractivity contribution in [3.05, 3.63) is 36.5 Å². The first-order valence-electron chi connectivity index (χ1n) is 7.26. The van der Waals surface area contributed by atoms with E-state index < -0.39 is 0 Å². The third kappa shape index (κ3) is 3.28. The molecule has 1 saturated heterocycles. The summed E-state index contributed by atoms with van der Waals surface area (Å²) in [4.78, 5) is 13.9. The van der Waals surface area contributed by atoms with E-state index in [1.165, 1.54) is 12.1 Å². The Balaban J connectivity index is 1.96. The van der Waals surface area contributed by atoms with Gasteiger partial charge in [-0.1, -0.05) is 30.3 Å². The lowest BCUT2D eigenvalue weighted by atomic mass is 10.1. The summed E-state index contributed by atoms with van der Waals surface area (Å²) in [5.74, 6) is -0.237. The maximum absolute atomic E-state index is 11.5. The number of nitrogens with zero attached hydrogens (tertiary/aromatic N) is 2. The number of anilines is 1. The third-order valence-electron chi connectivity index (χ3n) is 3.60. The van der Waals surface area contributed by atoms with Crippen molar-refractivity contribution in [1.82, 2.24) is 0 Å². The summed E-state index contributed by atoms with van der Waals surface area (Å²) < 4.78 is 12.1. The number of aromatic nitrogens is 1. The van der Waals surface area contributed by atoms with Crippen LogP contribution in [0.5, 0.6) is 0 Å². The number of rotatable bonds is 4. The zero-order valence-corrected chi connectivity index (χ0v) is 13.3. The SMILES string of the molecule is COC(=O)C[n+]1cc(-c2ccccc2)c(N2CCOCC2)s1. The molecule has 1 aliphatic rings. The molecule has 1 fully saturated rings. The van der Waals surface area contributed by atoms with Crippen molar-refractivity contribution < 1.29 is 18.2 Å². The van der Waals surface area contributed by atoms with Gasteiger partial charge in [-0.05, 0) is 5.56 Å². The summed E-state index contributed by atoms with van der Waals surface area (Å²) in [6.45, 7) is 3.47. The molecular weight excluding hydrogens is 300 g/mol. The fourth-order valence-corrected chi connectivity index (χ4v) is 3.58. The van der Waals surface area contributed by atoms with E-state index in [-0.39, 0.29) is 12.5 Å². The molecule has 0 amide bonds. The topological polar surface area (TPSA) is 42.7 Å².